The van der Waals surface area contributed by atoms with Crippen molar-refractivity contribution in [3.63, 3.8) is 0 Å². The fraction of sp³-hybridized carbons (Fsp3) is 0.583. The fourth-order valence-electron chi connectivity index (χ4n) is 2.36. The Bertz CT molecular complexity index is 515. The maximum Gasteiger partial charge on any atom is 0.333 e. The van der Waals surface area contributed by atoms with Crippen LogP contribution in [-0.2, 0) is 19.1 Å². The van der Waals surface area contributed by atoms with E-state index < -0.39 is 5.97 Å². The van der Waals surface area contributed by atoms with Crippen molar-refractivity contribution in [2.24, 2.45) is 0 Å². The molecular weight excluding hydrogens is 352 g/mol. The molecule has 0 aliphatic heterocycles. The van der Waals surface area contributed by atoms with E-state index in [1.54, 1.807) is 6.92 Å². The van der Waals surface area contributed by atoms with Crippen molar-refractivity contribution in [3.8, 4) is 0 Å². The highest BCUT2D eigenvalue weighted by Gasteiger charge is 2.05. The third kappa shape index (κ3) is 18.7. The molecule has 4 heteroatoms. The molecule has 0 spiro atoms. The monoisotopic (exact) mass is 390 g/mol. The number of esters is 2. The molecule has 0 aliphatic carbocycles. The summed E-state index contributed by atoms with van der Waals surface area (Å²) in [7, 11) is 0. The molecule has 0 atom stereocenters. The van der Waals surface area contributed by atoms with Gasteiger partial charge in [0.25, 0.3) is 0 Å². The molecule has 0 saturated carbocycles. The van der Waals surface area contributed by atoms with Gasteiger partial charge < -0.3 is 9.47 Å². The van der Waals surface area contributed by atoms with E-state index in [-0.39, 0.29) is 19.2 Å². The average molecular weight is 391 g/mol. The highest BCUT2D eigenvalue weighted by Crippen LogP contribution is 2.08. The zero-order chi connectivity index (χ0) is 20.9. The van der Waals surface area contributed by atoms with Gasteiger partial charge in [0.15, 0.2) is 0 Å². The van der Waals surface area contributed by atoms with E-state index in [1.165, 1.54) is 12.8 Å². The van der Waals surface area contributed by atoms with Crippen LogP contribution in [0.3, 0.4) is 0 Å². The van der Waals surface area contributed by atoms with Crippen molar-refractivity contribution in [1.82, 2.24) is 0 Å². The molecule has 0 heterocycles. The Morgan fingerprint density at radius 2 is 1.39 bits per heavy atom. The summed E-state index contributed by atoms with van der Waals surface area (Å²) in [6.07, 6.45) is 23.4. The van der Waals surface area contributed by atoms with Crippen molar-refractivity contribution in [1.29, 1.82) is 0 Å². The van der Waals surface area contributed by atoms with Crippen LogP contribution in [0.2, 0.25) is 0 Å². The molecule has 4 nitrogen and oxygen atoms in total. The van der Waals surface area contributed by atoms with Crippen molar-refractivity contribution >= 4 is 11.9 Å². The molecule has 0 saturated heterocycles. The van der Waals surface area contributed by atoms with Crippen LogP contribution >= 0.6 is 0 Å². The molecular formula is C24H38O4. The minimum atomic E-state index is -0.456. The van der Waals surface area contributed by atoms with E-state index in [2.05, 4.69) is 50.0 Å². The van der Waals surface area contributed by atoms with Crippen LogP contribution < -0.4 is 0 Å². The topological polar surface area (TPSA) is 52.6 Å². The highest BCUT2D eigenvalue weighted by atomic mass is 16.6. The first-order chi connectivity index (χ1) is 13.6. The van der Waals surface area contributed by atoms with Crippen molar-refractivity contribution in [2.45, 2.75) is 78.1 Å². The number of rotatable bonds is 17. The van der Waals surface area contributed by atoms with Gasteiger partial charge in [-0.3, -0.25) is 4.79 Å². The number of allylic oxidation sites excluding steroid dienone is 6. The summed E-state index contributed by atoms with van der Waals surface area (Å²) >= 11 is 0. The summed E-state index contributed by atoms with van der Waals surface area (Å²) in [4.78, 5) is 22.7. The summed E-state index contributed by atoms with van der Waals surface area (Å²) in [5, 5.41) is 0. The molecule has 0 aromatic carbocycles. The SMILES string of the molecule is C=C(C)C(=O)OCCOC(=O)CCCCCCC/C=C/CC/C=C\C=C/CC. The van der Waals surface area contributed by atoms with Gasteiger partial charge >= 0.3 is 11.9 Å². The van der Waals surface area contributed by atoms with E-state index in [4.69, 9.17) is 9.47 Å². The second-order valence-corrected chi connectivity index (χ2v) is 6.76. The van der Waals surface area contributed by atoms with Crippen molar-refractivity contribution in [2.75, 3.05) is 13.2 Å². The summed E-state index contributed by atoms with van der Waals surface area (Å²) in [5.41, 5.74) is 0.342. The molecule has 0 bridgehead atoms. The maximum absolute atomic E-state index is 11.6. The van der Waals surface area contributed by atoms with Gasteiger partial charge in [0.2, 0.25) is 0 Å². The quantitative estimate of drug-likeness (QED) is 0.0970. The van der Waals surface area contributed by atoms with Crippen molar-refractivity contribution in [3.05, 3.63) is 48.6 Å². The zero-order valence-electron chi connectivity index (χ0n) is 17.8. The summed E-state index contributed by atoms with van der Waals surface area (Å²) < 4.78 is 9.89. The van der Waals surface area contributed by atoms with Gasteiger partial charge in [0.1, 0.15) is 13.2 Å². The van der Waals surface area contributed by atoms with Gasteiger partial charge in [-0.1, -0.05) is 69.2 Å². The Labute approximate surface area is 171 Å². The molecule has 0 fully saturated rings. The first kappa shape index (κ1) is 25.9. The van der Waals surface area contributed by atoms with Gasteiger partial charge in [-0.25, -0.2) is 4.79 Å². The van der Waals surface area contributed by atoms with Gasteiger partial charge in [-0.2, -0.15) is 0 Å². The van der Waals surface area contributed by atoms with Crippen LogP contribution in [0.5, 0.6) is 0 Å². The number of carbonyl (C=O) groups excluding carboxylic acids is 2. The van der Waals surface area contributed by atoms with Crippen LogP contribution in [0.25, 0.3) is 0 Å². The van der Waals surface area contributed by atoms with Gasteiger partial charge in [-0.15, -0.1) is 0 Å². The Hall–Kier alpha value is -2.10. The normalized spacial score (nSPS) is 11.5. The molecule has 0 amide bonds. The maximum atomic E-state index is 11.6. The number of hydrogen-bond donors (Lipinski definition) is 0. The molecule has 28 heavy (non-hydrogen) atoms. The molecule has 0 aromatic rings. The third-order valence-electron chi connectivity index (χ3n) is 3.97. The number of hydrogen-bond acceptors (Lipinski definition) is 4. The summed E-state index contributed by atoms with van der Waals surface area (Å²) in [6.45, 7) is 7.39. The lowest BCUT2D eigenvalue weighted by molar-refractivity contribution is -0.150. The lowest BCUT2D eigenvalue weighted by Gasteiger charge is -2.06. The Morgan fingerprint density at radius 3 is 2.14 bits per heavy atom. The van der Waals surface area contributed by atoms with E-state index in [9.17, 15) is 9.59 Å². The summed E-state index contributed by atoms with van der Waals surface area (Å²) in [6, 6.07) is 0. The second-order valence-electron chi connectivity index (χ2n) is 6.76. The first-order valence-electron chi connectivity index (χ1n) is 10.5. The molecule has 0 radical (unpaired) electrons. The predicted molar refractivity (Wildman–Crippen MR) is 116 cm³/mol. The van der Waals surface area contributed by atoms with Gasteiger partial charge in [0, 0.05) is 12.0 Å². The largest absolute Gasteiger partial charge is 0.462 e. The standard InChI is InChI=1S/C24H38O4/c1-4-5-6-7-8-9-10-11-12-13-14-15-16-17-18-19-23(25)27-20-21-28-24(26)22(2)3/h5-8,11-12H,2,4,9-10,13-21H2,1,3H3/b6-5-,8-7-,12-11+. The number of unbranched alkanes of at least 4 members (excludes halogenated alkanes) is 6. The number of carbonyl (C=O) groups is 2. The highest BCUT2D eigenvalue weighted by molar-refractivity contribution is 5.86. The van der Waals surface area contributed by atoms with Crippen molar-refractivity contribution < 1.29 is 19.1 Å². The lowest BCUT2D eigenvalue weighted by Crippen LogP contribution is -2.14. The number of ether oxygens (including phenoxy) is 2. The lowest BCUT2D eigenvalue weighted by atomic mass is 10.1. The molecule has 0 aliphatic rings. The van der Waals surface area contributed by atoms with Gasteiger partial charge in [-0.05, 0) is 45.4 Å². The van der Waals surface area contributed by atoms with Crippen LogP contribution in [-0.4, -0.2) is 25.2 Å². The predicted octanol–water partition coefficient (Wildman–Crippen LogP) is 6.24. The second kappa shape index (κ2) is 19.7. The Morgan fingerprint density at radius 1 is 0.786 bits per heavy atom. The smallest absolute Gasteiger partial charge is 0.333 e. The van der Waals surface area contributed by atoms with Crippen LogP contribution in [0.15, 0.2) is 48.6 Å². The van der Waals surface area contributed by atoms with Crippen LogP contribution in [0, 0.1) is 0 Å². The minimum absolute atomic E-state index is 0.0805. The fourth-order valence-corrected chi connectivity index (χ4v) is 2.36. The van der Waals surface area contributed by atoms with E-state index in [0.717, 1.165) is 44.9 Å². The van der Waals surface area contributed by atoms with E-state index in [1.807, 2.05) is 0 Å². The van der Waals surface area contributed by atoms with Crippen LogP contribution in [0.1, 0.15) is 78.1 Å². The Kier molecular flexibility index (Phi) is 18.2. The average Bonchev–Trinajstić information content (AvgIpc) is 2.68. The molecule has 0 aromatic heterocycles. The molecule has 0 unspecified atom stereocenters. The van der Waals surface area contributed by atoms with Crippen LogP contribution in [0.4, 0.5) is 0 Å². The first-order valence-corrected chi connectivity index (χ1v) is 10.5. The minimum Gasteiger partial charge on any atom is -0.462 e. The zero-order valence-corrected chi connectivity index (χ0v) is 17.8. The summed E-state index contributed by atoms with van der Waals surface area (Å²) in [5.74, 6) is -0.684. The molecule has 158 valence electrons. The Balaban J connectivity index is 3.38. The third-order valence-corrected chi connectivity index (χ3v) is 3.97. The van der Waals surface area contributed by atoms with Gasteiger partial charge in [0.05, 0.1) is 0 Å². The van der Waals surface area contributed by atoms with E-state index >= 15 is 0 Å². The van der Waals surface area contributed by atoms with E-state index in [0.29, 0.717) is 12.0 Å². The molecule has 0 rings (SSSR count). The molecule has 0 N–H and O–H groups in total.